The number of benzene rings is 1. The van der Waals surface area contributed by atoms with Gasteiger partial charge in [0.2, 0.25) is 0 Å². The van der Waals surface area contributed by atoms with Crippen molar-refractivity contribution >= 4 is 33.3 Å². The summed E-state index contributed by atoms with van der Waals surface area (Å²) < 4.78 is 24.0. The van der Waals surface area contributed by atoms with Crippen LogP contribution < -0.4 is 15.2 Å². The zero-order valence-electron chi connectivity index (χ0n) is 10.3. The Balaban J connectivity index is 2.44. The van der Waals surface area contributed by atoms with Gasteiger partial charge in [0.1, 0.15) is 0 Å². The molecule has 4 N–H and O–H groups in total. The summed E-state index contributed by atoms with van der Waals surface area (Å²) in [6, 6.07) is 7.04. The summed E-state index contributed by atoms with van der Waals surface area (Å²) in [7, 11) is -3.71. The highest BCUT2D eigenvalue weighted by molar-refractivity contribution is 7.98. The lowest BCUT2D eigenvalue weighted by atomic mass is 10.2. The van der Waals surface area contributed by atoms with Gasteiger partial charge in [-0.15, -0.1) is 0 Å². The summed E-state index contributed by atoms with van der Waals surface area (Å²) in [5.41, 5.74) is 1.35. The van der Waals surface area contributed by atoms with Crippen LogP contribution in [-0.2, 0) is 10.2 Å². The van der Waals surface area contributed by atoms with Gasteiger partial charge in [0.05, 0.1) is 5.69 Å². The molecule has 1 aromatic rings. The Kier molecular flexibility index (Phi) is 6.31. The highest BCUT2D eigenvalue weighted by atomic mass is 32.2. The van der Waals surface area contributed by atoms with Crippen LogP contribution in [0.15, 0.2) is 24.3 Å². The van der Waals surface area contributed by atoms with Gasteiger partial charge in [-0.2, -0.15) is 20.2 Å². The fourth-order valence-corrected chi connectivity index (χ4v) is 2.41. The van der Waals surface area contributed by atoms with E-state index in [2.05, 4.69) is 16.3 Å². The van der Waals surface area contributed by atoms with Gasteiger partial charge in [-0.3, -0.25) is 4.72 Å². The molecule has 0 aromatic heterocycles. The van der Waals surface area contributed by atoms with Crippen molar-refractivity contribution in [2.45, 2.75) is 12.8 Å². The Labute approximate surface area is 113 Å². The second kappa shape index (κ2) is 7.50. The first-order valence-electron chi connectivity index (χ1n) is 5.65. The minimum absolute atomic E-state index is 0.464. The molecule has 0 heterocycles. The first-order valence-corrected chi connectivity index (χ1v) is 8.59. The summed E-state index contributed by atoms with van der Waals surface area (Å²) in [4.78, 5) is 0. The average Bonchev–Trinajstić information content (AvgIpc) is 2.27. The third-order valence-corrected chi connectivity index (χ3v) is 3.44. The van der Waals surface area contributed by atoms with Gasteiger partial charge >= 0.3 is 0 Å². The van der Waals surface area contributed by atoms with E-state index >= 15 is 0 Å². The number of nitrogens with two attached hydrogens (primary N) is 1. The SMILES string of the molecule is CSCCCCNc1cccc(NS(N)(=O)=O)c1. The molecule has 0 saturated carbocycles. The Morgan fingerprint density at radius 1 is 1.28 bits per heavy atom. The molecule has 1 rings (SSSR count). The summed E-state index contributed by atoms with van der Waals surface area (Å²) in [5.74, 6) is 1.16. The quantitative estimate of drug-likeness (QED) is 0.638. The van der Waals surface area contributed by atoms with Crippen molar-refractivity contribution in [3.05, 3.63) is 24.3 Å². The van der Waals surface area contributed by atoms with E-state index in [4.69, 9.17) is 5.14 Å². The second-order valence-corrected chi connectivity index (χ2v) is 6.13. The minimum atomic E-state index is -3.71. The summed E-state index contributed by atoms with van der Waals surface area (Å²) in [6.07, 6.45) is 4.35. The van der Waals surface area contributed by atoms with E-state index in [0.29, 0.717) is 5.69 Å². The molecule has 1 aromatic carbocycles. The van der Waals surface area contributed by atoms with Crippen molar-refractivity contribution in [1.82, 2.24) is 0 Å². The summed E-state index contributed by atoms with van der Waals surface area (Å²) in [6.45, 7) is 0.874. The predicted octanol–water partition coefficient (Wildman–Crippen LogP) is 1.86. The van der Waals surface area contributed by atoms with Gasteiger partial charge < -0.3 is 5.32 Å². The lowest BCUT2D eigenvalue weighted by molar-refractivity contribution is 0.603. The van der Waals surface area contributed by atoms with Crippen molar-refractivity contribution < 1.29 is 8.42 Å². The maximum absolute atomic E-state index is 10.9. The molecule has 7 heteroatoms. The molecule has 0 radical (unpaired) electrons. The monoisotopic (exact) mass is 289 g/mol. The number of thioether (sulfide) groups is 1. The predicted molar refractivity (Wildman–Crippen MR) is 79.3 cm³/mol. The van der Waals surface area contributed by atoms with Crippen LogP contribution in [0.2, 0.25) is 0 Å². The smallest absolute Gasteiger partial charge is 0.296 e. The molecule has 0 bridgehead atoms. The number of nitrogens with one attached hydrogen (secondary N) is 2. The van der Waals surface area contributed by atoms with Crippen molar-refractivity contribution in [2.24, 2.45) is 5.14 Å². The van der Waals surface area contributed by atoms with Crippen LogP contribution in [0.5, 0.6) is 0 Å². The molecular weight excluding hydrogens is 270 g/mol. The van der Waals surface area contributed by atoms with Crippen LogP contribution >= 0.6 is 11.8 Å². The standard InChI is InChI=1S/C11H19N3O2S2/c1-17-8-3-2-7-13-10-5-4-6-11(9-10)14-18(12,15)16/h4-6,9,13-14H,2-3,7-8H2,1H3,(H2,12,15,16). The molecular formula is C11H19N3O2S2. The second-order valence-electron chi connectivity index (χ2n) is 3.85. The van der Waals surface area contributed by atoms with Gasteiger partial charge in [0.25, 0.3) is 10.2 Å². The first-order chi connectivity index (χ1) is 8.51. The molecule has 0 aliphatic rings. The number of anilines is 2. The van der Waals surface area contributed by atoms with Gasteiger partial charge in [0, 0.05) is 12.2 Å². The van der Waals surface area contributed by atoms with Crippen molar-refractivity contribution in [3.63, 3.8) is 0 Å². The summed E-state index contributed by atoms with van der Waals surface area (Å²) in [5, 5.41) is 8.16. The normalized spacial score (nSPS) is 11.2. The van der Waals surface area contributed by atoms with Gasteiger partial charge in [-0.05, 0) is 43.0 Å². The third kappa shape index (κ3) is 6.73. The number of rotatable bonds is 8. The van der Waals surface area contributed by atoms with Gasteiger partial charge in [-0.1, -0.05) is 6.07 Å². The van der Waals surface area contributed by atoms with E-state index in [1.54, 1.807) is 18.2 Å². The van der Waals surface area contributed by atoms with Crippen LogP contribution in [0.3, 0.4) is 0 Å². The van der Waals surface area contributed by atoms with E-state index in [1.807, 2.05) is 17.8 Å². The molecule has 0 fully saturated rings. The molecule has 0 aliphatic carbocycles. The van der Waals surface area contributed by atoms with E-state index in [1.165, 1.54) is 6.42 Å². The zero-order valence-corrected chi connectivity index (χ0v) is 12.0. The maximum Gasteiger partial charge on any atom is 0.296 e. The molecule has 0 aliphatic heterocycles. The van der Waals surface area contributed by atoms with Crippen LogP contribution in [-0.4, -0.2) is 27.0 Å². The largest absolute Gasteiger partial charge is 0.385 e. The van der Waals surface area contributed by atoms with Crippen LogP contribution in [0, 0.1) is 0 Å². The van der Waals surface area contributed by atoms with Crippen LogP contribution in [0.4, 0.5) is 11.4 Å². The Hall–Kier alpha value is -0.920. The Bertz CT molecular complexity index is 463. The van der Waals surface area contributed by atoms with Crippen LogP contribution in [0.1, 0.15) is 12.8 Å². The first kappa shape index (κ1) is 15.1. The number of hydrogen-bond acceptors (Lipinski definition) is 4. The molecule has 0 amide bonds. The van der Waals surface area contributed by atoms with Gasteiger partial charge in [-0.25, -0.2) is 5.14 Å². The third-order valence-electron chi connectivity index (χ3n) is 2.23. The molecule has 0 spiro atoms. The molecule has 0 atom stereocenters. The molecule has 0 unspecified atom stereocenters. The molecule has 102 valence electrons. The highest BCUT2D eigenvalue weighted by Gasteiger charge is 2.02. The molecule has 18 heavy (non-hydrogen) atoms. The topological polar surface area (TPSA) is 84.2 Å². The molecule has 0 saturated heterocycles. The van der Waals surface area contributed by atoms with E-state index in [-0.39, 0.29) is 0 Å². The van der Waals surface area contributed by atoms with Crippen LogP contribution in [0.25, 0.3) is 0 Å². The van der Waals surface area contributed by atoms with E-state index in [9.17, 15) is 8.42 Å². The van der Waals surface area contributed by atoms with Crippen molar-refractivity contribution in [2.75, 3.05) is 28.6 Å². The van der Waals surface area contributed by atoms with E-state index in [0.717, 1.165) is 24.4 Å². The minimum Gasteiger partial charge on any atom is -0.385 e. The summed E-state index contributed by atoms with van der Waals surface area (Å²) >= 11 is 1.84. The van der Waals surface area contributed by atoms with Crippen molar-refractivity contribution in [3.8, 4) is 0 Å². The zero-order chi connectivity index (χ0) is 13.4. The van der Waals surface area contributed by atoms with E-state index < -0.39 is 10.2 Å². The lowest BCUT2D eigenvalue weighted by Crippen LogP contribution is -2.21. The van der Waals surface area contributed by atoms with Gasteiger partial charge in [0.15, 0.2) is 0 Å². The maximum atomic E-state index is 10.9. The molecule has 5 nitrogen and oxygen atoms in total. The number of hydrogen-bond donors (Lipinski definition) is 3. The Morgan fingerprint density at radius 2 is 2.00 bits per heavy atom. The van der Waals surface area contributed by atoms with Crippen molar-refractivity contribution in [1.29, 1.82) is 0 Å². The highest BCUT2D eigenvalue weighted by Crippen LogP contribution is 2.15. The lowest BCUT2D eigenvalue weighted by Gasteiger charge is -2.08. The fourth-order valence-electron chi connectivity index (χ4n) is 1.46. The average molecular weight is 289 g/mol. The number of unbranched alkanes of at least 4 members (excludes halogenated alkanes) is 1. The fraction of sp³-hybridized carbons (Fsp3) is 0.455. The Morgan fingerprint density at radius 3 is 2.67 bits per heavy atom.